The molecular formula is C12H20N4O. The molecule has 0 bridgehead atoms. The van der Waals surface area contributed by atoms with Gasteiger partial charge in [-0.1, -0.05) is 13.8 Å². The summed E-state index contributed by atoms with van der Waals surface area (Å²) in [6.45, 7) is 7.74. The van der Waals surface area contributed by atoms with Gasteiger partial charge in [-0.25, -0.2) is 0 Å². The topological polar surface area (TPSA) is 72.9 Å². The first-order chi connectivity index (χ1) is 7.95. The van der Waals surface area contributed by atoms with Crippen molar-refractivity contribution < 1.29 is 4.79 Å². The SMILES string of the molecule is CCn1ncc(N)c1C(=O)NCC1CC1(C)C. The fourth-order valence-electron chi connectivity index (χ4n) is 2.11. The van der Waals surface area contributed by atoms with Crippen LogP contribution in [-0.2, 0) is 6.54 Å². The molecule has 1 atom stereocenters. The van der Waals surface area contributed by atoms with Crippen LogP contribution >= 0.6 is 0 Å². The van der Waals surface area contributed by atoms with Crippen molar-refractivity contribution in [2.24, 2.45) is 11.3 Å². The Morgan fingerprint density at radius 2 is 2.35 bits per heavy atom. The number of aryl methyl sites for hydroxylation is 1. The van der Waals surface area contributed by atoms with Gasteiger partial charge in [0.15, 0.2) is 0 Å². The molecule has 5 heteroatoms. The highest BCUT2D eigenvalue weighted by atomic mass is 16.2. The van der Waals surface area contributed by atoms with Crippen molar-refractivity contribution in [1.82, 2.24) is 15.1 Å². The van der Waals surface area contributed by atoms with E-state index in [1.54, 1.807) is 4.68 Å². The third kappa shape index (κ3) is 2.28. The fraction of sp³-hybridized carbons (Fsp3) is 0.667. The minimum atomic E-state index is -0.121. The fourth-order valence-corrected chi connectivity index (χ4v) is 2.11. The molecule has 94 valence electrons. The van der Waals surface area contributed by atoms with E-state index in [1.807, 2.05) is 6.92 Å². The van der Waals surface area contributed by atoms with Crippen LogP contribution in [-0.4, -0.2) is 22.2 Å². The lowest BCUT2D eigenvalue weighted by Crippen LogP contribution is -2.29. The molecule has 2 rings (SSSR count). The highest BCUT2D eigenvalue weighted by Crippen LogP contribution is 2.50. The first-order valence-corrected chi connectivity index (χ1v) is 6.05. The van der Waals surface area contributed by atoms with Gasteiger partial charge >= 0.3 is 0 Å². The Hall–Kier alpha value is -1.52. The van der Waals surface area contributed by atoms with E-state index in [0.717, 1.165) is 6.54 Å². The number of nitrogens with one attached hydrogen (secondary N) is 1. The number of nitrogen functional groups attached to an aromatic ring is 1. The van der Waals surface area contributed by atoms with Crippen LogP contribution in [0.4, 0.5) is 5.69 Å². The Kier molecular flexibility index (Phi) is 2.85. The molecule has 17 heavy (non-hydrogen) atoms. The molecule has 1 amide bonds. The number of aromatic nitrogens is 2. The van der Waals surface area contributed by atoms with Crippen LogP contribution in [0.2, 0.25) is 0 Å². The lowest BCUT2D eigenvalue weighted by molar-refractivity contribution is 0.0941. The molecule has 1 heterocycles. The van der Waals surface area contributed by atoms with Crippen molar-refractivity contribution in [1.29, 1.82) is 0 Å². The molecule has 5 nitrogen and oxygen atoms in total. The summed E-state index contributed by atoms with van der Waals surface area (Å²) in [6, 6.07) is 0. The number of hydrogen-bond acceptors (Lipinski definition) is 3. The lowest BCUT2D eigenvalue weighted by Gasteiger charge is -2.08. The Bertz CT molecular complexity index is 436. The highest BCUT2D eigenvalue weighted by molar-refractivity contribution is 5.97. The zero-order valence-corrected chi connectivity index (χ0v) is 10.7. The number of nitrogens with zero attached hydrogens (tertiary/aromatic N) is 2. The maximum atomic E-state index is 12.0. The van der Waals surface area contributed by atoms with Crippen molar-refractivity contribution in [3.63, 3.8) is 0 Å². The summed E-state index contributed by atoms with van der Waals surface area (Å²) in [5, 5.41) is 7.00. The molecule has 0 radical (unpaired) electrons. The summed E-state index contributed by atoms with van der Waals surface area (Å²) in [5.74, 6) is 0.468. The predicted molar refractivity (Wildman–Crippen MR) is 66.5 cm³/mol. The Labute approximate surface area is 101 Å². The summed E-state index contributed by atoms with van der Waals surface area (Å²) in [7, 11) is 0. The zero-order valence-electron chi connectivity index (χ0n) is 10.7. The molecule has 1 aliphatic carbocycles. The summed E-state index contributed by atoms with van der Waals surface area (Å²) in [4.78, 5) is 12.0. The second-order valence-corrected chi connectivity index (χ2v) is 5.36. The normalized spacial score (nSPS) is 21.2. The van der Waals surface area contributed by atoms with Gasteiger partial charge in [0.25, 0.3) is 5.91 Å². The molecule has 1 aromatic rings. The smallest absolute Gasteiger partial charge is 0.271 e. The third-order valence-corrected chi connectivity index (χ3v) is 3.61. The van der Waals surface area contributed by atoms with Gasteiger partial charge in [-0.15, -0.1) is 0 Å². The summed E-state index contributed by atoms with van der Waals surface area (Å²) in [6.07, 6.45) is 2.70. The van der Waals surface area contributed by atoms with Gasteiger partial charge in [-0.3, -0.25) is 9.48 Å². The largest absolute Gasteiger partial charge is 0.396 e. The number of anilines is 1. The van der Waals surface area contributed by atoms with Gasteiger partial charge in [0, 0.05) is 13.1 Å². The monoisotopic (exact) mass is 236 g/mol. The van der Waals surface area contributed by atoms with Crippen LogP contribution in [0.1, 0.15) is 37.7 Å². The number of carbonyl (C=O) groups excluding carboxylic acids is 1. The first-order valence-electron chi connectivity index (χ1n) is 6.05. The van der Waals surface area contributed by atoms with Crippen LogP contribution in [0.3, 0.4) is 0 Å². The van der Waals surface area contributed by atoms with E-state index in [2.05, 4.69) is 24.3 Å². The predicted octanol–water partition coefficient (Wildman–Crippen LogP) is 1.26. The van der Waals surface area contributed by atoms with Crippen LogP contribution in [0.5, 0.6) is 0 Å². The van der Waals surface area contributed by atoms with Crippen LogP contribution < -0.4 is 11.1 Å². The zero-order chi connectivity index (χ0) is 12.6. The standard InChI is InChI=1S/C12H20N4O/c1-4-16-10(9(13)7-15-16)11(17)14-6-8-5-12(8,2)3/h7-8H,4-6,13H2,1-3H3,(H,14,17). The number of nitrogens with two attached hydrogens (primary N) is 1. The minimum absolute atomic E-state index is 0.121. The van der Waals surface area contributed by atoms with Crippen LogP contribution in [0.25, 0.3) is 0 Å². The molecule has 1 aromatic heterocycles. The Morgan fingerprint density at radius 1 is 1.71 bits per heavy atom. The maximum absolute atomic E-state index is 12.0. The van der Waals surface area contributed by atoms with E-state index in [0.29, 0.717) is 29.3 Å². The Morgan fingerprint density at radius 3 is 2.88 bits per heavy atom. The molecule has 3 N–H and O–H groups in total. The molecule has 1 fully saturated rings. The van der Waals surface area contributed by atoms with Gasteiger partial charge in [-0.05, 0) is 24.7 Å². The quantitative estimate of drug-likeness (QED) is 0.826. The number of carbonyl (C=O) groups is 1. The summed E-state index contributed by atoms with van der Waals surface area (Å²) < 4.78 is 1.63. The van der Waals surface area contributed by atoms with Crippen molar-refractivity contribution in [3.8, 4) is 0 Å². The first kappa shape index (κ1) is 12.0. The molecule has 0 aliphatic heterocycles. The van der Waals surface area contributed by atoms with Crippen LogP contribution in [0.15, 0.2) is 6.20 Å². The third-order valence-electron chi connectivity index (χ3n) is 3.61. The van der Waals surface area contributed by atoms with Gasteiger partial charge in [0.2, 0.25) is 0 Å². The van der Waals surface area contributed by atoms with Crippen molar-refractivity contribution >= 4 is 11.6 Å². The second kappa shape index (κ2) is 4.05. The molecule has 0 spiro atoms. The number of amides is 1. The minimum Gasteiger partial charge on any atom is -0.396 e. The van der Waals surface area contributed by atoms with E-state index in [1.165, 1.54) is 12.6 Å². The highest BCUT2D eigenvalue weighted by Gasteiger charge is 2.45. The van der Waals surface area contributed by atoms with E-state index in [4.69, 9.17) is 5.73 Å². The van der Waals surface area contributed by atoms with E-state index in [-0.39, 0.29) is 5.91 Å². The Balaban J connectivity index is 1.98. The van der Waals surface area contributed by atoms with Crippen molar-refractivity contribution in [2.75, 3.05) is 12.3 Å². The van der Waals surface area contributed by atoms with Gasteiger partial charge < -0.3 is 11.1 Å². The molecule has 1 aliphatic rings. The molecular weight excluding hydrogens is 216 g/mol. The second-order valence-electron chi connectivity index (χ2n) is 5.36. The summed E-state index contributed by atoms with van der Waals surface area (Å²) >= 11 is 0. The van der Waals surface area contributed by atoms with Gasteiger partial charge in [0.1, 0.15) is 5.69 Å². The van der Waals surface area contributed by atoms with Crippen molar-refractivity contribution in [2.45, 2.75) is 33.7 Å². The lowest BCUT2D eigenvalue weighted by atomic mass is 10.1. The number of rotatable bonds is 4. The van der Waals surface area contributed by atoms with Gasteiger partial charge in [-0.2, -0.15) is 5.10 Å². The van der Waals surface area contributed by atoms with Crippen molar-refractivity contribution in [3.05, 3.63) is 11.9 Å². The van der Waals surface area contributed by atoms with E-state index >= 15 is 0 Å². The maximum Gasteiger partial charge on any atom is 0.271 e. The van der Waals surface area contributed by atoms with E-state index < -0.39 is 0 Å². The average molecular weight is 236 g/mol. The molecule has 1 saturated carbocycles. The van der Waals surface area contributed by atoms with Gasteiger partial charge in [0.05, 0.1) is 11.9 Å². The number of hydrogen-bond donors (Lipinski definition) is 2. The molecule has 0 aromatic carbocycles. The molecule has 0 saturated heterocycles. The molecule has 1 unspecified atom stereocenters. The van der Waals surface area contributed by atoms with Crippen LogP contribution in [0, 0.1) is 11.3 Å². The van der Waals surface area contributed by atoms with E-state index in [9.17, 15) is 4.79 Å². The summed E-state index contributed by atoms with van der Waals surface area (Å²) in [5.41, 5.74) is 7.05. The average Bonchev–Trinajstić information content (AvgIpc) is 2.70.